The van der Waals surface area contributed by atoms with Gasteiger partial charge in [-0.1, -0.05) is 28.9 Å². The van der Waals surface area contributed by atoms with Crippen molar-refractivity contribution in [3.63, 3.8) is 0 Å². The quantitative estimate of drug-likeness (QED) is 0.718. The molecule has 3 heterocycles. The van der Waals surface area contributed by atoms with E-state index < -0.39 is 0 Å². The van der Waals surface area contributed by atoms with Gasteiger partial charge < -0.3 is 9.42 Å². The van der Waals surface area contributed by atoms with Crippen molar-refractivity contribution in [1.82, 2.24) is 15.1 Å². The van der Waals surface area contributed by atoms with Crippen LogP contribution in [0.1, 0.15) is 23.8 Å². The maximum absolute atomic E-state index is 12.4. The molecule has 1 amide bonds. The molecule has 1 atom stereocenters. The molecule has 0 saturated carbocycles. The number of aromatic nitrogens is 3. The summed E-state index contributed by atoms with van der Waals surface area (Å²) in [6.45, 7) is 2.42. The Morgan fingerprint density at radius 1 is 1.28 bits per heavy atom. The number of halogens is 1. The van der Waals surface area contributed by atoms with Gasteiger partial charge in [-0.05, 0) is 36.8 Å². The summed E-state index contributed by atoms with van der Waals surface area (Å²) in [6.07, 6.45) is 2.00. The average molecular weight is 355 g/mol. The smallest absolute Gasteiger partial charge is 0.232 e. The number of amides is 1. The van der Waals surface area contributed by atoms with Gasteiger partial charge >= 0.3 is 0 Å². The molecule has 1 aromatic carbocycles. The van der Waals surface area contributed by atoms with E-state index in [1.54, 1.807) is 11.1 Å². The number of aryl methyl sites for hydroxylation is 1. The molecule has 4 rings (SSSR count). The van der Waals surface area contributed by atoms with Gasteiger partial charge in [-0.3, -0.25) is 9.78 Å². The summed E-state index contributed by atoms with van der Waals surface area (Å²) in [4.78, 5) is 22.7. The van der Waals surface area contributed by atoms with E-state index >= 15 is 0 Å². The third kappa shape index (κ3) is 3.00. The van der Waals surface area contributed by atoms with E-state index in [-0.39, 0.29) is 11.8 Å². The van der Waals surface area contributed by atoms with E-state index in [9.17, 15) is 4.79 Å². The topological polar surface area (TPSA) is 72.1 Å². The second-order valence-corrected chi connectivity index (χ2v) is 6.42. The third-order valence-corrected chi connectivity index (χ3v) is 4.68. The Morgan fingerprint density at radius 2 is 2.16 bits per heavy atom. The van der Waals surface area contributed by atoms with Gasteiger partial charge in [0.15, 0.2) is 0 Å². The highest BCUT2D eigenvalue weighted by Gasteiger charge is 2.35. The normalized spacial score (nSPS) is 17.3. The van der Waals surface area contributed by atoms with Crippen molar-refractivity contribution >= 4 is 23.2 Å². The molecule has 1 saturated heterocycles. The molecule has 3 aromatic rings. The van der Waals surface area contributed by atoms with Crippen LogP contribution >= 0.6 is 11.6 Å². The molecular weight excluding hydrogens is 340 g/mol. The van der Waals surface area contributed by atoms with Crippen molar-refractivity contribution in [2.75, 3.05) is 11.4 Å². The Kier molecular flexibility index (Phi) is 3.97. The lowest BCUT2D eigenvalue weighted by Crippen LogP contribution is -2.24. The fourth-order valence-electron chi connectivity index (χ4n) is 2.87. The van der Waals surface area contributed by atoms with Crippen LogP contribution in [0.25, 0.3) is 11.5 Å². The Labute approximate surface area is 149 Å². The highest BCUT2D eigenvalue weighted by atomic mass is 35.5. The first-order chi connectivity index (χ1) is 12.1. The van der Waals surface area contributed by atoms with Gasteiger partial charge in [0, 0.05) is 29.9 Å². The Morgan fingerprint density at radius 3 is 2.92 bits per heavy atom. The van der Waals surface area contributed by atoms with Crippen LogP contribution in [0.4, 0.5) is 5.69 Å². The first kappa shape index (κ1) is 15.8. The number of carbonyl (C=O) groups excluding carboxylic acids is 1. The predicted octanol–water partition coefficient (Wildman–Crippen LogP) is 3.61. The molecule has 0 spiro atoms. The summed E-state index contributed by atoms with van der Waals surface area (Å²) in [7, 11) is 0. The van der Waals surface area contributed by atoms with Crippen molar-refractivity contribution in [1.29, 1.82) is 0 Å². The predicted molar refractivity (Wildman–Crippen MR) is 93.4 cm³/mol. The number of anilines is 1. The molecule has 126 valence electrons. The molecule has 0 N–H and O–H groups in total. The molecule has 0 unspecified atom stereocenters. The zero-order valence-corrected chi connectivity index (χ0v) is 14.3. The zero-order chi connectivity index (χ0) is 17.4. The van der Waals surface area contributed by atoms with Crippen LogP contribution in [0, 0.1) is 6.92 Å². The van der Waals surface area contributed by atoms with Crippen LogP contribution in [-0.2, 0) is 4.79 Å². The van der Waals surface area contributed by atoms with Gasteiger partial charge in [0.1, 0.15) is 5.69 Å². The highest BCUT2D eigenvalue weighted by Crippen LogP contribution is 2.33. The van der Waals surface area contributed by atoms with Gasteiger partial charge in [0.25, 0.3) is 0 Å². The van der Waals surface area contributed by atoms with Crippen LogP contribution in [-0.4, -0.2) is 27.6 Å². The molecule has 25 heavy (non-hydrogen) atoms. The van der Waals surface area contributed by atoms with E-state index in [1.807, 2.05) is 43.3 Å². The minimum absolute atomic E-state index is 0.0162. The molecule has 7 heteroatoms. The minimum atomic E-state index is -0.141. The van der Waals surface area contributed by atoms with Gasteiger partial charge in [-0.25, -0.2) is 0 Å². The molecular formula is C18H15ClN4O2. The number of pyridine rings is 1. The highest BCUT2D eigenvalue weighted by molar-refractivity contribution is 6.31. The largest absolute Gasteiger partial charge is 0.339 e. The molecule has 2 aromatic heterocycles. The second-order valence-electron chi connectivity index (χ2n) is 6.01. The second kappa shape index (κ2) is 6.29. The van der Waals surface area contributed by atoms with Crippen molar-refractivity contribution in [3.8, 4) is 11.5 Å². The average Bonchev–Trinajstić information content (AvgIpc) is 3.25. The maximum Gasteiger partial charge on any atom is 0.232 e. The molecule has 1 fully saturated rings. The van der Waals surface area contributed by atoms with Crippen LogP contribution in [0.2, 0.25) is 5.02 Å². The lowest BCUT2D eigenvalue weighted by Gasteiger charge is -2.17. The number of carbonyl (C=O) groups is 1. The molecule has 1 aliphatic rings. The lowest BCUT2D eigenvalue weighted by molar-refractivity contribution is -0.117. The molecule has 0 bridgehead atoms. The van der Waals surface area contributed by atoms with E-state index in [1.165, 1.54) is 0 Å². The van der Waals surface area contributed by atoms with Crippen LogP contribution in [0.15, 0.2) is 47.1 Å². The molecule has 0 radical (unpaired) electrons. The fourth-order valence-corrected chi connectivity index (χ4v) is 3.05. The van der Waals surface area contributed by atoms with E-state index in [2.05, 4.69) is 15.1 Å². The van der Waals surface area contributed by atoms with Gasteiger partial charge in [0.05, 0.1) is 5.92 Å². The van der Waals surface area contributed by atoms with Gasteiger partial charge in [0.2, 0.25) is 17.6 Å². The summed E-state index contributed by atoms with van der Waals surface area (Å²) < 4.78 is 5.37. The standard InChI is InChI=1S/C18H15ClN4O2/c1-11-5-6-13(9-14(11)19)23-10-12(8-16(23)24)18-21-17(22-25-18)15-4-2-3-7-20-15/h2-7,9,12H,8,10H2,1H3/t12-/m0/s1. The van der Waals surface area contributed by atoms with Gasteiger partial charge in [-0.15, -0.1) is 0 Å². The van der Waals surface area contributed by atoms with Gasteiger partial charge in [-0.2, -0.15) is 4.98 Å². The Balaban J connectivity index is 1.56. The van der Waals surface area contributed by atoms with Crippen LogP contribution < -0.4 is 4.90 Å². The van der Waals surface area contributed by atoms with Crippen molar-refractivity contribution in [2.24, 2.45) is 0 Å². The van der Waals surface area contributed by atoms with E-state index in [0.29, 0.717) is 35.4 Å². The fraction of sp³-hybridized carbons (Fsp3) is 0.222. The minimum Gasteiger partial charge on any atom is -0.339 e. The van der Waals surface area contributed by atoms with E-state index in [0.717, 1.165) is 11.3 Å². The number of hydrogen-bond donors (Lipinski definition) is 0. The summed E-state index contributed by atoms with van der Waals surface area (Å²) in [6, 6.07) is 11.1. The SMILES string of the molecule is Cc1ccc(N2C[C@@H](c3nc(-c4ccccn4)no3)CC2=O)cc1Cl. The number of benzene rings is 1. The Hall–Kier alpha value is -2.73. The maximum atomic E-state index is 12.4. The molecule has 6 nitrogen and oxygen atoms in total. The number of rotatable bonds is 3. The lowest BCUT2D eigenvalue weighted by atomic mass is 10.1. The molecule has 1 aliphatic heterocycles. The third-order valence-electron chi connectivity index (χ3n) is 4.28. The monoisotopic (exact) mass is 354 g/mol. The summed E-state index contributed by atoms with van der Waals surface area (Å²) in [5.41, 5.74) is 2.40. The van der Waals surface area contributed by atoms with Crippen molar-refractivity contribution < 1.29 is 9.32 Å². The first-order valence-electron chi connectivity index (χ1n) is 7.93. The van der Waals surface area contributed by atoms with Crippen LogP contribution in [0.5, 0.6) is 0 Å². The van der Waals surface area contributed by atoms with Crippen LogP contribution in [0.3, 0.4) is 0 Å². The van der Waals surface area contributed by atoms with E-state index in [4.69, 9.17) is 16.1 Å². The van der Waals surface area contributed by atoms with Crippen molar-refractivity contribution in [3.05, 3.63) is 59.1 Å². The zero-order valence-electron chi connectivity index (χ0n) is 13.5. The number of hydrogen-bond acceptors (Lipinski definition) is 5. The number of nitrogens with zero attached hydrogens (tertiary/aromatic N) is 4. The first-order valence-corrected chi connectivity index (χ1v) is 8.31. The Bertz CT molecular complexity index is 926. The molecule has 0 aliphatic carbocycles. The van der Waals surface area contributed by atoms with Crippen molar-refractivity contribution in [2.45, 2.75) is 19.3 Å². The summed E-state index contributed by atoms with van der Waals surface area (Å²) >= 11 is 6.18. The summed E-state index contributed by atoms with van der Waals surface area (Å²) in [5, 5.41) is 4.62. The summed E-state index contributed by atoms with van der Waals surface area (Å²) in [5.74, 6) is 0.759.